The normalized spacial score (nSPS) is 18.3. The molecule has 1 heterocycles. The van der Waals surface area contributed by atoms with E-state index in [9.17, 15) is 8.42 Å². The van der Waals surface area contributed by atoms with Crippen LogP contribution in [0, 0.1) is 0 Å². The van der Waals surface area contributed by atoms with Crippen molar-refractivity contribution in [1.82, 2.24) is 0 Å². The third-order valence-electron chi connectivity index (χ3n) is 3.03. The van der Waals surface area contributed by atoms with Gasteiger partial charge in [-0.2, -0.15) is 0 Å². The zero-order chi connectivity index (χ0) is 12.0. The van der Waals surface area contributed by atoms with Gasteiger partial charge in [-0.1, -0.05) is 24.3 Å². The lowest BCUT2D eigenvalue weighted by molar-refractivity contribution is 0.590. The molecule has 0 saturated heterocycles. The van der Waals surface area contributed by atoms with Crippen molar-refractivity contribution in [3.63, 3.8) is 0 Å². The van der Waals surface area contributed by atoms with E-state index in [0.717, 1.165) is 9.79 Å². The lowest BCUT2D eigenvalue weighted by Gasteiger charge is -2.27. The van der Waals surface area contributed by atoms with Crippen LogP contribution in [0.25, 0.3) is 0 Å². The van der Waals surface area contributed by atoms with E-state index in [1.807, 2.05) is 24.3 Å². The van der Waals surface area contributed by atoms with Crippen LogP contribution in [0.3, 0.4) is 0 Å². The minimum absolute atomic E-state index is 0.479. The van der Waals surface area contributed by atoms with Gasteiger partial charge >= 0.3 is 0 Å². The first-order valence-electron chi connectivity index (χ1n) is 5.29. The van der Waals surface area contributed by atoms with Crippen molar-refractivity contribution < 1.29 is 8.42 Å². The quantitative estimate of drug-likeness (QED) is 0.742. The van der Waals surface area contributed by atoms with Crippen LogP contribution >= 0.6 is 10.9 Å². The molecule has 2 aromatic carbocycles. The summed E-state index contributed by atoms with van der Waals surface area (Å²) in [5, 5.41) is 0. The Morgan fingerprint density at radius 1 is 0.824 bits per heavy atom. The van der Waals surface area contributed by atoms with Crippen LogP contribution in [0.1, 0.15) is 0 Å². The summed E-state index contributed by atoms with van der Waals surface area (Å²) in [6.07, 6.45) is 2.11. The molecule has 0 N–H and O–H groups in total. The van der Waals surface area contributed by atoms with Crippen molar-refractivity contribution in [3.8, 4) is 0 Å². The van der Waals surface area contributed by atoms with Crippen molar-refractivity contribution in [2.75, 3.05) is 6.26 Å². The van der Waals surface area contributed by atoms with Crippen LogP contribution in [0.4, 0.5) is 0 Å². The molecule has 88 valence electrons. The summed E-state index contributed by atoms with van der Waals surface area (Å²) in [7, 11) is -3.88. The molecule has 0 unspecified atom stereocenters. The fourth-order valence-corrected chi connectivity index (χ4v) is 6.84. The molecule has 2 aromatic rings. The maximum atomic E-state index is 12.5. The smallest absolute Gasteiger partial charge is 0.208 e. The number of sulfone groups is 1. The van der Waals surface area contributed by atoms with Gasteiger partial charge < -0.3 is 0 Å². The summed E-state index contributed by atoms with van der Waals surface area (Å²) >= 11 is 0. The number of rotatable bonds is 0. The number of hydrogen-bond donors (Lipinski definition) is 1. The summed E-state index contributed by atoms with van der Waals surface area (Å²) in [6.45, 7) is 0. The molecule has 0 bridgehead atoms. The van der Waals surface area contributed by atoms with Gasteiger partial charge in [0.1, 0.15) is 0 Å². The van der Waals surface area contributed by atoms with Gasteiger partial charge in [-0.25, -0.2) is 19.3 Å². The minimum atomic E-state index is -3.32. The number of thiol groups is 1. The standard InChI is InChI=1S/C13H12O2S2/c1-16-10-6-2-4-8-12(10)17(14,15)13-9-5-3-7-11(13)16/h2-9,16H,1H3. The van der Waals surface area contributed by atoms with E-state index >= 15 is 0 Å². The van der Waals surface area contributed by atoms with Crippen LogP contribution in [0.15, 0.2) is 68.1 Å². The highest BCUT2D eigenvalue weighted by Crippen LogP contribution is 2.52. The molecular formula is C13H12O2S2. The maximum absolute atomic E-state index is 12.5. The Bertz CT molecular complexity index is 637. The lowest BCUT2D eigenvalue weighted by atomic mass is 10.3. The minimum Gasteiger partial charge on any atom is -0.218 e. The summed E-state index contributed by atoms with van der Waals surface area (Å²) in [4.78, 5) is 2.88. The van der Waals surface area contributed by atoms with E-state index in [0.29, 0.717) is 9.79 Å². The molecule has 1 aliphatic heterocycles. The zero-order valence-corrected chi connectivity index (χ0v) is 11.0. The SMILES string of the molecule is C[SH]1c2ccccc2S(=O)(=O)c2ccccc21. The number of hydrogen-bond acceptors (Lipinski definition) is 2. The third kappa shape index (κ3) is 1.44. The molecule has 1 aliphatic rings. The van der Waals surface area contributed by atoms with Gasteiger partial charge in [0.15, 0.2) is 0 Å². The number of benzene rings is 2. The molecule has 0 atom stereocenters. The Morgan fingerprint density at radius 2 is 1.24 bits per heavy atom. The van der Waals surface area contributed by atoms with E-state index in [-0.39, 0.29) is 0 Å². The van der Waals surface area contributed by atoms with Crippen LogP contribution in [-0.2, 0) is 9.84 Å². The largest absolute Gasteiger partial charge is 0.218 e. The van der Waals surface area contributed by atoms with E-state index in [1.165, 1.54) is 0 Å². The molecule has 0 aromatic heterocycles. The predicted molar refractivity (Wildman–Crippen MR) is 69.8 cm³/mol. The molecule has 0 aliphatic carbocycles. The van der Waals surface area contributed by atoms with Gasteiger partial charge in [0.05, 0.1) is 9.79 Å². The van der Waals surface area contributed by atoms with Gasteiger partial charge in [0, 0.05) is 9.79 Å². The highest BCUT2D eigenvalue weighted by molar-refractivity contribution is 8.17. The fourth-order valence-electron chi connectivity index (χ4n) is 2.17. The van der Waals surface area contributed by atoms with Crippen LogP contribution in [-0.4, -0.2) is 14.7 Å². The highest BCUT2D eigenvalue weighted by Gasteiger charge is 2.31. The first-order valence-corrected chi connectivity index (χ1v) is 8.56. The second-order valence-electron chi connectivity index (χ2n) is 4.00. The molecule has 2 nitrogen and oxygen atoms in total. The molecule has 0 spiro atoms. The lowest BCUT2D eigenvalue weighted by Crippen LogP contribution is -2.11. The van der Waals surface area contributed by atoms with Gasteiger partial charge in [0.2, 0.25) is 9.84 Å². The van der Waals surface area contributed by atoms with E-state index < -0.39 is 20.7 Å². The first kappa shape index (κ1) is 10.9. The van der Waals surface area contributed by atoms with Crippen LogP contribution in [0.2, 0.25) is 0 Å². The number of fused-ring (bicyclic) bond motifs is 2. The molecule has 0 saturated carbocycles. The maximum Gasteiger partial charge on any atom is 0.208 e. The Kier molecular flexibility index (Phi) is 2.31. The molecule has 0 fully saturated rings. The Labute approximate surface area is 104 Å². The van der Waals surface area contributed by atoms with Crippen molar-refractivity contribution in [2.24, 2.45) is 0 Å². The van der Waals surface area contributed by atoms with E-state index in [2.05, 4.69) is 6.26 Å². The predicted octanol–water partition coefficient (Wildman–Crippen LogP) is 2.88. The molecule has 0 radical (unpaired) electrons. The summed E-state index contributed by atoms with van der Waals surface area (Å²) in [6, 6.07) is 14.6. The Balaban J connectivity index is 2.42. The van der Waals surface area contributed by atoms with Gasteiger partial charge in [-0.3, -0.25) is 0 Å². The molecule has 17 heavy (non-hydrogen) atoms. The fraction of sp³-hybridized carbons (Fsp3) is 0.0769. The van der Waals surface area contributed by atoms with Gasteiger partial charge in [0.25, 0.3) is 0 Å². The third-order valence-corrected chi connectivity index (χ3v) is 7.43. The molecule has 0 amide bonds. The molecular weight excluding hydrogens is 252 g/mol. The molecule has 4 heteroatoms. The first-order chi connectivity index (χ1) is 8.12. The average molecular weight is 264 g/mol. The molecule has 3 rings (SSSR count). The van der Waals surface area contributed by atoms with Crippen molar-refractivity contribution in [2.45, 2.75) is 19.6 Å². The summed E-state index contributed by atoms with van der Waals surface area (Å²) in [5.41, 5.74) is 0. The summed E-state index contributed by atoms with van der Waals surface area (Å²) < 4.78 is 24.9. The van der Waals surface area contributed by atoms with Crippen molar-refractivity contribution in [3.05, 3.63) is 48.5 Å². The van der Waals surface area contributed by atoms with Crippen LogP contribution in [0.5, 0.6) is 0 Å². The van der Waals surface area contributed by atoms with Crippen LogP contribution < -0.4 is 0 Å². The van der Waals surface area contributed by atoms with Gasteiger partial charge in [-0.05, 0) is 30.5 Å². The second-order valence-corrected chi connectivity index (χ2v) is 7.97. The second kappa shape index (κ2) is 3.62. The monoisotopic (exact) mass is 264 g/mol. The Morgan fingerprint density at radius 3 is 1.71 bits per heavy atom. The average Bonchev–Trinajstić information content (AvgIpc) is 2.37. The van der Waals surface area contributed by atoms with Crippen molar-refractivity contribution >= 4 is 20.7 Å². The topological polar surface area (TPSA) is 34.1 Å². The van der Waals surface area contributed by atoms with Gasteiger partial charge in [-0.15, -0.1) is 0 Å². The van der Waals surface area contributed by atoms with Crippen molar-refractivity contribution in [1.29, 1.82) is 0 Å². The van der Waals surface area contributed by atoms with E-state index in [4.69, 9.17) is 0 Å². The summed E-state index contributed by atoms with van der Waals surface area (Å²) in [5.74, 6) is 0. The Hall–Kier alpha value is -1.26. The zero-order valence-electron chi connectivity index (χ0n) is 9.29. The highest BCUT2D eigenvalue weighted by atomic mass is 32.2. The van der Waals surface area contributed by atoms with E-state index in [1.54, 1.807) is 24.3 Å².